The van der Waals surface area contributed by atoms with E-state index in [4.69, 9.17) is 4.52 Å². The van der Waals surface area contributed by atoms with Gasteiger partial charge < -0.3 is 15.2 Å². The molecule has 2 aromatic rings. The van der Waals surface area contributed by atoms with Gasteiger partial charge in [-0.05, 0) is 37.5 Å². The van der Waals surface area contributed by atoms with E-state index >= 15 is 0 Å². The zero-order valence-corrected chi connectivity index (χ0v) is 16.9. The molecule has 1 aromatic carbocycles. The highest BCUT2D eigenvalue weighted by molar-refractivity contribution is 5.94. The summed E-state index contributed by atoms with van der Waals surface area (Å²) in [6.07, 6.45) is 4.95. The molecule has 3 heterocycles. The highest BCUT2D eigenvalue weighted by Crippen LogP contribution is 2.50. The minimum absolute atomic E-state index is 0.0317. The summed E-state index contributed by atoms with van der Waals surface area (Å²) in [6.45, 7) is 7.40. The first-order valence-electron chi connectivity index (χ1n) is 10.3. The smallest absolute Gasteiger partial charge is 0.249 e. The lowest BCUT2D eigenvalue weighted by Gasteiger charge is -2.45. The number of nitrogens with one attached hydrogen (secondary N) is 2. The Bertz CT molecular complexity index is 982. The van der Waals surface area contributed by atoms with Gasteiger partial charge in [-0.3, -0.25) is 9.69 Å². The Hall–Kier alpha value is -2.70. The average Bonchev–Trinajstić information content (AvgIpc) is 3.24. The van der Waals surface area contributed by atoms with Crippen LogP contribution in [0.15, 0.2) is 52.7 Å². The molecule has 2 saturated heterocycles. The van der Waals surface area contributed by atoms with Crippen LogP contribution in [0.2, 0.25) is 0 Å². The maximum Gasteiger partial charge on any atom is 0.249 e. The van der Waals surface area contributed by atoms with Gasteiger partial charge in [-0.2, -0.15) is 0 Å². The summed E-state index contributed by atoms with van der Waals surface area (Å²) in [7, 11) is 0. The Morgan fingerprint density at radius 3 is 2.59 bits per heavy atom. The zero-order chi connectivity index (χ0) is 20.0. The SMILES string of the molecule is Cc1noc(C)c1C1=CC=C2NC(=O)C(c3ccccc3)(N3CCNCC3)C2C1. The first-order chi connectivity index (χ1) is 14.1. The molecule has 2 N–H and O–H groups in total. The first-order valence-corrected chi connectivity index (χ1v) is 10.3. The van der Waals surface area contributed by atoms with Gasteiger partial charge in [0.05, 0.1) is 5.69 Å². The molecule has 150 valence electrons. The van der Waals surface area contributed by atoms with Gasteiger partial charge in [-0.15, -0.1) is 0 Å². The number of carbonyl (C=O) groups excluding carboxylic acids is 1. The summed E-state index contributed by atoms with van der Waals surface area (Å²) in [4.78, 5) is 16.0. The molecule has 1 aromatic heterocycles. The predicted molar refractivity (Wildman–Crippen MR) is 111 cm³/mol. The van der Waals surface area contributed by atoms with Crippen molar-refractivity contribution >= 4 is 11.5 Å². The number of piperazine rings is 1. The average molecular weight is 390 g/mol. The Kier molecular flexibility index (Phi) is 4.41. The summed E-state index contributed by atoms with van der Waals surface area (Å²) in [5.41, 5.74) is 4.52. The molecule has 1 amide bonds. The summed E-state index contributed by atoms with van der Waals surface area (Å²) in [6, 6.07) is 10.3. The van der Waals surface area contributed by atoms with Crippen molar-refractivity contribution in [1.82, 2.24) is 20.7 Å². The van der Waals surface area contributed by atoms with Crippen LogP contribution < -0.4 is 10.6 Å². The van der Waals surface area contributed by atoms with Crippen molar-refractivity contribution in [1.29, 1.82) is 0 Å². The van der Waals surface area contributed by atoms with E-state index in [1.165, 1.54) is 5.57 Å². The summed E-state index contributed by atoms with van der Waals surface area (Å²) in [5, 5.41) is 10.8. The lowest BCUT2D eigenvalue weighted by molar-refractivity contribution is -0.133. The van der Waals surface area contributed by atoms with Crippen molar-refractivity contribution in [2.75, 3.05) is 26.2 Å². The van der Waals surface area contributed by atoms with Gasteiger partial charge >= 0.3 is 0 Å². The number of amides is 1. The Morgan fingerprint density at radius 1 is 1.14 bits per heavy atom. The van der Waals surface area contributed by atoms with Gasteiger partial charge in [0.1, 0.15) is 11.3 Å². The van der Waals surface area contributed by atoms with E-state index in [9.17, 15) is 4.79 Å². The van der Waals surface area contributed by atoms with E-state index in [0.717, 1.165) is 60.9 Å². The molecule has 2 fully saturated rings. The van der Waals surface area contributed by atoms with Crippen LogP contribution in [0.4, 0.5) is 0 Å². The fraction of sp³-hybridized carbons (Fsp3) is 0.391. The quantitative estimate of drug-likeness (QED) is 0.843. The minimum atomic E-state index is -0.701. The lowest BCUT2D eigenvalue weighted by Crippen LogP contribution is -2.60. The highest BCUT2D eigenvalue weighted by Gasteiger charge is 2.58. The van der Waals surface area contributed by atoms with Crippen LogP contribution in [0.3, 0.4) is 0 Å². The second kappa shape index (κ2) is 6.97. The molecule has 2 aliphatic heterocycles. The Morgan fingerprint density at radius 2 is 1.90 bits per heavy atom. The molecule has 2 unspecified atom stereocenters. The standard InChI is InChI=1S/C23H26N4O2/c1-15-21(16(2)29-26-15)17-8-9-20-19(14-17)23(22(28)25-20,18-6-4-3-5-7-18)27-12-10-24-11-13-27/h3-9,19,24H,10-14H2,1-2H3,(H,25,28). The van der Waals surface area contributed by atoms with Gasteiger partial charge in [0.2, 0.25) is 5.91 Å². The molecule has 29 heavy (non-hydrogen) atoms. The maximum atomic E-state index is 13.6. The zero-order valence-electron chi connectivity index (χ0n) is 16.9. The lowest BCUT2D eigenvalue weighted by atomic mass is 9.72. The van der Waals surface area contributed by atoms with Gasteiger partial charge in [0.25, 0.3) is 0 Å². The van der Waals surface area contributed by atoms with Crippen LogP contribution in [0.1, 0.15) is 29.0 Å². The summed E-state index contributed by atoms with van der Waals surface area (Å²) < 4.78 is 5.42. The van der Waals surface area contributed by atoms with Crippen molar-refractivity contribution in [3.05, 3.63) is 70.8 Å². The Balaban J connectivity index is 1.63. The second-order valence-corrected chi connectivity index (χ2v) is 8.09. The molecule has 0 saturated carbocycles. The molecule has 1 aliphatic carbocycles. The number of nitrogens with zero attached hydrogens (tertiary/aromatic N) is 2. The summed E-state index contributed by atoms with van der Waals surface area (Å²) in [5.74, 6) is 0.940. The van der Waals surface area contributed by atoms with Gasteiger partial charge in [-0.25, -0.2) is 0 Å². The highest BCUT2D eigenvalue weighted by atomic mass is 16.5. The van der Waals surface area contributed by atoms with Crippen LogP contribution in [-0.2, 0) is 10.3 Å². The van der Waals surface area contributed by atoms with E-state index in [1.807, 2.05) is 32.0 Å². The number of hydrogen-bond acceptors (Lipinski definition) is 5. The van der Waals surface area contributed by atoms with E-state index in [-0.39, 0.29) is 11.8 Å². The largest absolute Gasteiger partial charge is 0.361 e. The molecule has 5 rings (SSSR count). The summed E-state index contributed by atoms with van der Waals surface area (Å²) >= 11 is 0. The first kappa shape index (κ1) is 18.3. The van der Waals surface area contributed by atoms with Crippen LogP contribution in [0, 0.1) is 19.8 Å². The van der Waals surface area contributed by atoms with Crippen molar-refractivity contribution < 1.29 is 9.32 Å². The Labute approximate surface area is 170 Å². The molecule has 0 spiro atoms. The number of hydrogen-bond donors (Lipinski definition) is 2. The van der Waals surface area contributed by atoms with Crippen molar-refractivity contribution in [2.45, 2.75) is 25.8 Å². The number of benzene rings is 1. The number of fused-ring (bicyclic) bond motifs is 1. The molecule has 3 aliphatic rings. The van der Waals surface area contributed by atoms with Crippen LogP contribution >= 0.6 is 0 Å². The predicted octanol–water partition coefficient (Wildman–Crippen LogP) is 2.51. The van der Waals surface area contributed by atoms with Crippen LogP contribution in [0.25, 0.3) is 5.57 Å². The second-order valence-electron chi connectivity index (χ2n) is 8.09. The molecule has 0 bridgehead atoms. The number of aromatic nitrogens is 1. The maximum absolute atomic E-state index is 13.6. The third kappa shape index (κ3) is 2.70. The number of aryl methyl sites for hydroxylation is 2. The van der Waals surface area contributed by atoms with Gasteiger partial charge in [0, 0.05) is 43.4 Å². The third-order valence-corrected chi connectivity index (χ3v) is 6.56. The molecular weight excluding hydrogens is 364 g/mol. The van der Waals surface area contributed by atoms with Crippen molar-refractivity contribution in [3.8, 4) is 0 Å². The van der Waals surface area contributed by atoms with Crippen molar-refractivity contribution in [3.63, 3.8) is 0 Å². The number of rotatable bonds is 3. The number of carbonyl (C=O) groups is 1. The van der Waals surface area contributed by atoms with E-state index in [1.54, 1.807) is 0 Å². The molecule has 0 radical (unpaired) electrons. The molecule has 2 atom stereocenters. The molecular formula is C23H26N4O2. The fourth-order valence-electron chi connectivity index (χ4n) is 5.31. The minimum Gasteiger partial charge on any atom is -0.361 e. The van der Waals surface area contributed by atoms with E-state index in [0.29, 0.717) is 0 Å². The number of allylic oxidation sites excluding steroid dienone is 3. The van der Waals surface area contributed by atoms with E-state index in [2.05, 4.69) is 45.0 Å². The molecule has 6 nitrogen and oxygen atoms in total. The normalized spacial score (nSPS) is 27.2. The van der Waals surface area contributed by atoms with Gasteiger partial charge in [-0.1, -0.05) is 41.6 Å². The van der Waals surface area contributed by atoms with Crippen LogP contribution in [-0.4, -0.2) is 42.1 Å². The van der Waals surface area contributed by atoms with Crippen molar-refractivity contribution in [2.24, 2.45) is 5.92 Å². The molecule has 6 heteroatoms. The topological polar surface area (TPSA) is 70.4 Å². The van der Waals surface area contributed by atoms with Gasteiger partial charge in [0.15, 0.2) is 0 Å². The fourth-order valence-corrected chi connectivity index (χ4v) is 5.31. The monoisotopic (exact) mass is 390 g/mol. The third-order valence-electron chi connectivity index (χ3n) is 6.56. The van der Waals surface area contributed by atoms with Crippen LogP contribution in [0.5, 0.6) is 0 Å². The van der Waals surface area contributed by atoms with E-state index < -0.39 is 5.54 Å².